The van der Waals surface area contributed by atoms with Gasteiger partial charge in [-0.25, -0.2) is 9.97 Å². The van der Waals surface area contributed by atoms with Gasteiger partial charge in [0.1, 0.15) is 23.6 Å². The Labute approximate surface area is 122 Å². The van der Waals surface area contributed by atoms with Crippen molar-refractivity contribution in [3.05, 3.63) is 29.9 Å². The first-order chi connectivity index (χ1) is 10.0. The highest BCUT2D eigenvalue weighted by atomic mass is 16.5. The van der Waals surface area contributed by atoms with Gasteiger partial charge in [0.15, 0.2) is 5.82 Å². The summed E-state index contributed by atoms with van der Waals surface area (Å²) in [6.45, 7) is 3.11. The van der Waals surface area contributed by atoms with Gasteiger partial charge < -0.3 is 20.1 Å². The second-order valence-electron chi connectivity index (χ2n) is 4.80. The van der Waals surface area contributed by atoms with Crippen LogP contribution in [-0.2, 0) is 0 Å². The van der Waals surface area contributed by atoms with Gasteiger partial charge in [0.2, 0.25) is 0 Å². The number of rotatable bonds is 6. The number of amides is 1. The van der Waals surface area contributed by atoms with E-state index in [2.05, 4.69) is 25.8 Å². The van der Waals surface area contributed by atoms with E-state index in [1.54, 1.807) is 19.1 Å². The van der Waals surface area contributed by atoms with Gasteiger partial charge in [-0.3, -0.25) is 4.79 Å². The molecule has 8 heteroatoms. The van der Waals surface area contributed by atoms with Crippen molar-refractivity contribution in [1.29, 1.82) is 0 Å². The van der Waals surface area contributed by atoms with Gasteiger partial charge in [-0.15, -0.1) is 0 Å². The molecule has 0 aromatic carbocycles. The molecule has 8 nitrogen and oxygen atoms in total. The van der Waals surface area contributed by atoms with Gasteiger partial charge in [-0.1, -0.05) is 5.16 Å². The zero-order chi connectivity index (χ0) is 15.2. The SMILES string of the molecule is Cc1cc(Nc2cc(C(=O)NCCN(C)C)ncn2)no1. The maximum absolute atomic E-state index is 12.0. The molecule has 2 aromatic rings. The first-order valence-corrected chi connectivity index (χ1v) is 6.50. The standard InChI is InChI=1S/C13H18N6O2/c1-9-6-12(18-21-9)17-11-7-10(15-8-16-11)13(20)14-4-5-19(2)3/h6-8H,4-5H2,1-3H3,(H,14,20)(H,15,16,17,18). The Morgan fingerprint density at radius 2 is 2.10 bits per heavy atom. The number of hydrogen-bond acceptors (Lipinski definition) is 7. The maximum atomic E-state index is 12.0. The van der Waals surface area contributed by atoms with Gasteiger partial charge in [-0.05, 0) is 21.0 Å². The molecule has 0 spiro atoms. The third-order valence-electron chi connectivity index (χ3n) is 2.63. The molecule has 0 saturated heterocycles. The van der Waals surface area contributed by atoms with Crippen LogP contribution in [-0.4, -0.2) is 53.1 Å². The zero-order valence-corrected chi connectivity index (χ0v) is 12.3. The van der Waals surface area contributed by atoms with E-state index in [9.17, 15) is 4.79 Å². The Morgan fingerprint density at radius 3 is 2.76 bits per heavy atom. The van der Waals surface area contributed by atoms with Crippen molar-refractivity contribution in [3.63, 3.8) is 0 Å². The Bertz CT molecular complexity index is 610. The lowest BCUT2D eigenvalue weighted by Crippen LogP contribution is -2.31. The minimum Gasteiger partial charge on any atom is -0.360 e. The van der Waals surface area contributed by atoms with E-state index in [0.717, 1.165) is 6.54 Å². The lowest BCUT2D eigenvalue weighted by atomic mass is 10.3. The van der Waals surface area contributed by atoms with Gasteiger partial charge in [0.05, 0.1) is 0 Å². The number of carbonyl (C=O) groups is 1. The van der Waals surface area contributed by atoms with Crippen LogP contribution in [0.4, 0.5) is 11.6 Å². The number of nitrogens with one attached hydrogen (secondary N) is 2. The van der Waals surface area contributed by atoms with Crippen LogP contribution < -0.4 is 10.6 Å². The zero-order valence-electron chi connectivity index (χ0n) is 12.3. The summed E-state index contributed by atoms with van der Waals surface area (Å²) in [6, 6.07) is 3.30. The first-order valence-electron chi connectivity index (χ1n) is 6.50. The van der Waals surface area contributed by atoms with Crippen LogP contribution in [0, 0.1) is 6.92 Å². The molecule has 0 aliphatic carbocycles. The molecule has 2 N–H and O–H groups in total. The maximum Gasteiger partial charge on any atom is 0.270 e. The van der Waals surface area contributed by atoms with Gasteiger partial charge in [0, 0.05) is 25.2 Å². The molecular weight excluding hydrogens is 272 g/mol. The van der Waals surface area contributed by atoms with Gasteiger partial charge in [0.25, 0.3) is 5.91 Å². The summed E-state index contributed by atoms with van der Waals surface area (Å²) in [7, 11) is 3.89. The van der Waals surface area contributed by atoms with Crippen LogP contribution in [0.25, 0.3) is 0 Å². The third kappa shape index (κ3) is 4.53. The summed E-state index contributed by atoms with van der Waals surface area (Å²) in [6.07, 6.45) is 1.33. The van der Waals surface area contributed by atoms with E-state index in [0.29, 0.717) is 29.6 Å². The molecule has 2 aromatic heterocycles. The van der Waals surface area contributed by atoms with Crippen molar-refractivity contribution in [2.45, 2.75) is 6.92 Å². The van der Waals surface area contributed by atoms with E-state index in [1.807, 2.05) is 19.0 Å². The molecule has 2 heterocycles. The molecule has 21 heavy (non-hydrogen) atoms. The van der Waals surface area contributed by atoms with Crippen LogP contribution in [0.1, 0.15) is 16.2 Å². The van der Waals surface area contributed by atoms with Crippen molar-refractivity contribution < 1.29 is 9.32 Å². The van der Waals surface area contributed by atoms with E-state index >= 15 is 0 Å². The Balaban J connectivity index is 1.98. The van der Waals surface area contributed by atoms with Crippen LogP contribution in [0.3, 0.4) is 0 Å². The van der Waals surface area contributed by atoms with E-state index in [1.165, 1.54) is 6.33 Å². The fraction of sp³-hybridized carbons (Fsp3) is 0.385. The molecule has 0 bridgehead atoms. The quantitative estimate of drug-likeness (QED) is 0.812. The topological polar surface area (TPSA) is 96.2 Å². The largest absolute Gasteiger partial charge is 0.360 e. The monoisotopic (exact) mass is 290 g/mol. The molecule has 0 saturated carbocycles. The average molecular weight is 290 g/mol. The van der Waals surface area contributed by atoms with Crippen LogP contribution in [0.2, 0.25) is 0 Å². The summed E-state index contributed by atoms with van der Waals surface area (Å²) in [5.41, 5.74) is 0.298. The fourth-order valence-electron chi connectivity index (χ4n) is 1.59. The number of anilines is 2. The molecule has 0 fully saturated rings. The number of hydrogen-bond donors (Lipinski definition) is 2. The predicted octanol–water partition coefficient (Wildman–Crippen LogP) is 0.808. The molecule has 112 valence electrons. The summed E-state index contributed by atoms with van der Waals surface area (Å²) in [4.78, 5) is 21.9. The summed E-state index contributed by atoms with van der Waals surface area (Å²) in [5, 5.41) is 9.54. The number of aryl methyl sites for hydroxylation is 1. The highest BCUT2D eigenvalue weighted by Gasteiger charge is 2.09. The van der Waals surface area contributed by atoms with E-state index in [-0.39, 0.29) is 5.91 Å². The Hall–Kier alpha value is -2.48. The normalized spacial score (nSPS) is 10.7. The minimum absolute atomic E-state index is 0.237. The summed E-state index contributed by atoms with van der Waals surface area (Å²) >= 11 is 0. The Morgan fingerprint density at radius 1 is 1.29 bits per heavy atom. The van der Waals surface area contributed by atoms with Crippen LogP contribution in [0.15, 0.2) is 23.0 Å². The molecule has 0 unspecified atom stereocenters. The fourth-order valence-corrected chi connectivity index (χ4v) is 1.59. The van der Waals surface area contributed by atoms with Crippen molar-refractivity contribution in [2.24, 2.45) is 0 Å². The molecule has 1 amide bonds. The smallest absolute Gasteiger partial charge is 0.270 e. The summed E-state index contributed by atoms with van der Waals surface area (Å²) < 4.78 is 4.95. The number of aromatic nitrogens is 3. The van der Waals surface area contributed by atoms with E-state index < -0.39 is 0 Å². The first kappa shape index (κ1) is 14.9. The number of nitrogens with zero attached hydrogens (tertiary/aromatic N) is 4. The van der Waals surface area contributed by atoms with Crippen LogP contribution in [0.5, 0.6) is 0 Å². The lowest BCUT2D eigenvalue weighted by Gasteiger charge is -2.10. The number of likely N-dealkylation sites (N-methyl/N-ethyl adjacent to an activating group) is 1. The minimum atomic E-state index is -0.237. The Kier molecular flexibility index (Phi) is 4.83. The van der Waals surface area contributed by atoms with Gasteiger partial charge >= 0.3 is 0 Å². The third-order valence-corrected chi connectivity index (χ3v) is 2.63. The van der Waals surface area contributed by atoms with Crippen molar-refractivity contribution in [1.82, 2.24) is 25.3 Å². The van der Waals surface area contributed by atoms with Gasteiger partial charge in [-0.2, -0.15) is 0 Å². The lowest BCUT2D eigenvalue weighted by molar-refractivity contribution is 0.0946. The van der Waals surface area contributed by atoms with Crippen molar-refractivity contribution in [2.75, 3.05) is 32.5 Å². The highest BCUT2D eigenvalue weighted by Crippen LogP contribution is 2.14. The second kappa shape index (κ2) is 6.80. The number of carbonyl (C=O) groups excluding carboxylic acids is 1. The van der Waals surface area contributed by atoms with Crippen molar-refractivity contribution >= 4 is 17.5 Å². The summed E-state index contributed by atoms with van der Waals surface area (Å²) in [5.74, 6) is 1.47. The highest BCUT2D eigenvalue weighted by molar-refractivity contribution is 5.92. The van der Waals surface area contributed by atoms with Crippen molar-refractivity contribution in [3.8, 4) is 0 Å². The molecule has 0 aliphatic rings. The second-order valence-corrected chi connectivity index (χ2v) is 4.80. The predicted molar refractivity (Wildman–Crippen MR) is 77.4 cm³/mol. The van der Waals surface area contributed by atoms with Crippen LogP contribution >= 0.6 is 0 Å². The molecule has 0 atom stereocenters. The molecular formula is C13H18N6O2. The molecule has 0 radical (unpaired) electrons. The van der Waals surface area contributed by atoms with E-state index in [4.69, 9.17) is 4.52 Å². The average Bonchev–Trinajstić information content (AvgIpc) is 2.84. The molecule has 2 rings (SSSR count). The molecule has 0 aliphatic heterocycles.